The molecule has 1 atom stereocenters. The minimum atomic E-state index is -0.239. The molecule has 1 aromatic carbocycles. The molecule has 1 aliphatic rings. The van der Waals surface area contributed by atoms with Crippen LogP contribution in [0.15, 0.2) is 24.3 Å². The van der Waals surface area contributed by atoms with Gasteiger partial charge in [-0.3, -0.25) is 9.59 Å². The van der Waals surface area contributed by atoms with Crippen molar-refractivity contribution in [2.75, 3.05) is 19.7 Å². The molecule has 1 unspecified atom stereocenters. The van der Waals surface area contributed by atoms with Crippen molar-refractivity contribution in [3.05, 3.63) is 35.4 Å². The number of hydrogen-bond acceptors (Lipinski definition) is 3. The van der Waals surface area contributed by atoms with E-state index in [0.29, 0.717) is 24.2 Å². The highest BCUT2D eigenvalue weighted by Gasteiger charge is 2.28. The van der Waals surface area contributed by atoms with Crippen molar-refractivity contribution in [2.24, 2.45) is 0 Å². The summed E-state index contributed by atoms with van der Waals surface area (Å²) in [5, 5.41) is 11.6. The Morgan fingerprint density at radius 3 is 2.90 bits per heavy atom. The summed E-state index contributed by atoms with van der Waals surface area (Å²) in [5.41, 5.74) is 1.14. The van der Waals surface area contributed by atoms with Crippen LogP contribution in [0.4, 0.5) is 0 Å². The number of aliphatic hydroxyl groups is 1. The first-order valence-corrected chi connectivity index (χ1v) is 6.87. The van der Waals surface area contributed by atoms with E-state index in [1.165, 1.54) is 6.92 Å². The van der Waals surface area contributed by atoms with Crippen molar-refractivity contribution >= 4 is 11.8 Å². The van der Waals surface area contributed by atoms with E-state index in [-0.39, 0.29) is 24.5 Å². The van der Waals surface area contributed by atoms with Gasteiger partial charge in [0.05, 0.1) is 5.56 Å². The molecule has 0 aliphatic carbocycles. The van der Waals surface area contributed by atoms with Gasteiger partial charge in [0.2, 0.25) is 5.91 Å². The zero-order chi connectivity index (χ0) is 15.2. The molecule has 1 fully saturated rings. The summed E-state index contributed by atoms with van der Waals surface area (Å²) in [7, 11) is 0. The van der Waals surface area contributed by atoms with Gasteiger partial charge in [-0.25, -0.2) is 0 Å². The second-order valence-corrected chi connectivity index (χ2v) is 4.94. The van der Waals surface area contributed by atoms with Gasteiger partial charge in [0, 0.05) is 31.6 Å². The lowest BCUT2D eigenvalue weighted by Gasteiger charge is -2.17. The minimum absolute atomic E-state index is 0.0159. The molecule has 0 radical (unpaired) electrons. The first-order chi connectivity index (χ1) is 10.1. The van der Waals surface area contributed by atoms with Crippen LogP contribution in [-0.2, 0) is 4.79 Å². The summed E-state index contributed by atoms with van der Waals surface area (Å²) in [5.74, 6) is 5.18. The molecule has 2 N–H and O–H groups in total. The van der Waals surface area contributed by atoms with Crippen LogP contribution in [0.3, 0.4) is 0 Å². The average molecular weight is 286 g/mol. The number of benzene rings is 1. The molecule has 0 aromatic heterocycles. The predicted molar refractivity (Wildman–Crippen MR) is 78.5 cm³/mol. The molecular weight excluding hydrogens is 268 g/mol. The van der Waals surface area contributed by atoms with Crippen LogP contribution < -0.4 is 5.32 Å². The van der Waals surface area contributed by atoms with E-state index in [1.807, 2.05) is 6.07 Å². The van der Waals surface area contributed by atoms with E-state index in [1.54, 1.807) is 23.1 Å². The molecule has 5 nitrogen and oxygen atoms in total. The van der Waals surface area contributed by atoms with E-state index in [4.69, 9.17) is 5.11 Å². The van der Waals surface area contributed by atoms with Crippen LogP contribution in [-0.4, -0.2) is 47.6 Å². The van der Waals surface area contributed by atoms with Gasteiger partial charge in [0.15, 0.2) is 0 Å². The fourth-order valence-electron chi connectivity index (χ4n) is 2.43. The van der Waals surface area contributed by atoms with E-state index < -0.39 is 0 Å². The van der Waals surface area contributed by atoms with Gasteiger partial charge in [-0.05, 0) is 18.6 Å². The Morgan fingerprint density at radius 1 is 1.43 bits per heavy atom. The molecule has 1 saturated heterocycles. The maximum absolute atomic E-state index is 12.5. The smallest absolute Gasteiger partial charge is 0.255 e. The van der Waals surface area contributed by atoms with E-state index in [0.717, 1.165) is 6.42 Å². The van der Waals surface area contributed by atoms with E-state index in [2.05, 4.69) is 17.2 Å². The van der Waals surface area contributed by atoms with Crippen molar-refractivity contribution in [1.29, 1.82) is 0 Å². The summed E-state index contributed by atoms with van der Waals surface area (Å²) in [6.07, 6.45) is 0.760. The first kappa shape index (κ1) is 15.1. The molecule has 1 aromatic rings. The Kier molecular flexibility index (Phi) is 4.96. The van der Waals surface area contributed by atoms with Gasteiger partial charge in [0.25, 0.3) is 5.91 Å². The Labute approximate surface area is 124 Å². The monoisotopic (exact) mass is 286 g/mol. The van der Waals surface area contributed by atoms with Crippen LogP contribution >= 0.6 is 0 Å². The lowest BCUT2D eigenvalue weighted by molar-refractivity contribution is -0.119. The molecule has 0 spiro atoms. The molecule has 2 amide bonds. The summed E-state index contributed by atoms with van der Waals surface area (Å²) < 4.78 is 0. The maximum Gasteiger partial charge on any atom is 0.255 e. The Bertz CT molecular complexity index is 601. The Morgan fingerprint density at radius 2 is 2.19 bits per heavy atom. The lowest BCUT2D eigenvalue weighted by atomic mass is 10.1. The largest absolute Gasteiger partial charge is 0.384 e. The third kappa shape index (κ3) is 3.83. The number of carbonyl (C=O) groups is 2. The highest BCUT2D eigenvalue weighted by atomic mass is 16.2. The van der Waals surface area contributed by atoms with Crippen LogP contribution in [0.5, 0.6) is 0 Å². The van der Waals surface area contributed by atoms with Gasteiger partial charge >= 0.3 is 0 Å². The van der Waals surface area contributed by atoms with E-state index in [9.17, 15) is 9.59 Å². The third-order valence-corrected chi connectivity index (χ3v) is 3.34. The number of nitrogens with one attached hydrogen (secondary N) is 1. The maximum atomic E-state index is 12.5. The number of amides is 2. The fourth-order valence-corrected chi connectivity index (χ4v) is 2.43. The first-order valence-electron chi connectivity index (χ1n) is 6.87. The minimum Gasteiger partial charge on any atom is -0.384 e. The van der Waals surface area contributed by atoms with Crippen LogP contribution in [0.25, 0.3) is 0 Å². The second kappa shape index (κ2) is 6.91. The summed E-state index contributed by atoms with van der Waals surface area (Å²) in [4.78, 5) is 25.3. The number of nitrogens with zero attached hydrogens (tertiary/aromatic N) is 1. The predicted octanol–water partition coefficient (Wildman–Crippen LogP) is 0.381. The number of hydrogen-bond donors (Lipinski definition) is 2. The average Bonchev–Trinajstić information content (AvgIpc) is 2.92. The third-order valence-electron chi connectivity index (χ3n) is 3.34. The van der Waals surface area contributed by atoms with Crippen molar-refractivity contribution in [1.82, 2.24) is 10.2 Å². The SMILES string of the molecule is CC(=O)NC1CCN(C(=O)c2ccccc2C#CCO)C1. The molecule has 1 heterocycles. The highest BCUT2D eigenvalue weighted by molar-refractivity contribution is 5.97. The summed E-state index contributed by atoms with van der Waals surface area (Å²) in [6, 6.07) is 7.11. The topological polar surface area (TPSA) is 69.6 Å². The van der Waals surface area contributed by atoms with Crippen molar-refractivity contribution < 1.29 is 14.7 Å². The van der Waals surface area contributed by atoms with Gasteiger partial charge in [0.1, 0.15) is 6.61 Å². The Balaban J connectivity index is 2.12. The molecule has 1 aliphatic heterocycles. The van der Waals surface area contributed by atoms with Crippen molar-refractivity contribution in [2.45, 2.75) is 19.4 Å². The van der Waals surface area contributed by atoms with Gasteiger partial charge in [-0.1, -0.05) is 24.0 Å². The molecule has 5 heteroatoms. The quantitative estimate of drug-likeness (QED) is 0.772. The number of rotatable bonds is 2. The lowest BCUT2D eigenvalue weighted by Crippen LogP contribution is -2.37. The van der Waals surface area contributed by atoms with Crippen molar-refractivity contribution in [3.8, 4) is 11.8 Å². The fraction of sp³-hybridized carbons (Fsp3) is 0.375. The van der Waals surface area contributed by atoms with Gasteiger partial charge < -0.3 is 15.3 Å². The second-order valence-electron chi connectivity index (χ2n) is 4.94. The molecule has 0 bridgehead atoms. The molecular formula is C16H18N2O3. The summed E-state index contributed by atoms with van der Waals surface area (Å²) >= 11 is 0. The zero-order valence-electron chi connectivity index (χ0n) is 11.9. The normalized spacial score (nSPS) is 17.0. The Hall–Kier alpha value is -2.32. The molecule has 110 valence electrons. The van der Waals surface area contributed by atoms with Crippen LogP contribution in [0.1, 0.15) is 29.3 Å². The highest BCUT2D eigenvalue weighted by Crippen LogP contribution is 2.16. The molecule has 2 rings (SSSR count). The van der Waals surface area contributed by atoms with Gasteiger partial charge in [-0.2, -0.15) is 0 Å². The molecule has 0 saturated carbocycles. The van der Waals surface area contributed by atoms with Crippen LogP contribution in [0.2, 0.25) is 0 Å². The number of carbonyl (C=O) groups excluding carboxylic acids is 2. The van der Waals surface area contributed by atoms with Crippen LogP contribution in [0, 0.1) is 11.8 Å². The molecule has 21 heavy (non-hydrogen) atoms. The van der Waals surface area contributed by atoms with Crippen molar-refractivity contribution in [3.63, 3.8) is 0 Å². The summed E-state index contributed by atoms with van der Waals surface area (Å²) in [6.45, 7) is 2.37. The standard InChI is InChI=1S/C16H18N2O3/c1-12(20)17-14-8-9-18(11-14)16(21)15-7-3-2-5-13(15)6-4-10-19/h2-3,5,7,14,19H,8-11H2,1H3,(H,17,20). The van der Waals surface area contributed by atoms with E-state index >= 15 is 0 Å². The zero-order valence-corrected chi connectivity index (χ0v) is 11.9. The number of aliphatic hydroxyl groups excluding tert-OH is 1. The number of likely N-dealkylation sites (tertiary alicyclic amines) is 1. The van der Waals surface area contributed by atoms with Gasteiger partial charge in [-0.15, -0.1) is 0 Å².